The van der Waals surface area contributed by atoms with Crippen molar-refractivity contribution in [2.75, 3.05) is 13.2 Å². The molecular weight excluding hydrogens is 316 g/mol. The third-order valence-corrected chi connectivity index (χ3v) is 3.26. The molecule has 0 bridgehead atoms. The molecule has 2 rings (SSSR count). The summed E-state index contributed by atoms with van der Waals surface area (Å²) in [6, 6.07) is 1.18. The Kier molecular flexibility index (Phi) is 4.91. The number of hydrogen-bond acceptors (Lipinski definition) is 5. The average Bonchev–Trinajstić information content (AvgIpc) is 2.92. The topological polar surface area (TPSA) is 126 Å². The van der Waals surface area contributed by atoms with Crippen molar-refractivity contribution >= 4 is 17.5 Å². The van der Waals surface area contributed by atoms with Crippen LogP contribution in [0.25, 0.3) is 5.65 Å². The molecular formula is C15H20N4O5. The van der Waals surface area contributed by atoms with Crippen LogP contribution in [0, 0.1) is 5.41 Å². The second kappa shape index (κ2) is 6.73. The number of hydrogen-bond donors (Lipinski definition) is 3. The first-order chi connectivity index (χ1) is 11.2. The van der Waals surface area contributed by atoms with Gasteiger partial charge < -0.3 is 15.2 Å². The van der Waals surface area contributed by atoms with E-state index in [9.17, 15) is 14.4 Å². The monoisotopic (exact) mass is 336 g/mol. The van der Waals surface area contributed by atoms with Crippen molar-refractivity contribution in [3.63, 3.8) is 0 Å². The Labute approximate surface area is 137 Å². The Bertz CT molecular complexity index is 815. The minimum atomic E-state index is -1.20. The molecule has 0 unspecified atom stereocenters. The molecule has 0 saturated carbocycles. The second-order valence-corrected chi connectivity index (χ2v) is 6.50. The standard InChI is InChI=1S/C15H20N4O5/c1-15(2,3)4-5-24-10-6-9(20)12(13-17-8-18-19(10)13)14(23)16-7-11(21)22/h6,8H,4-5,7H2,1-3H3,(H,16,23)(H,17,18)(H,21,22). The fourth-order valence-electron chi connectivity index (χ4n) is 2.00. The lowest BCUT2D eigenvalue weighted by atomic mass is 9.93. The molecule has 0 fully saturated rings. The first-order valence-corrected chi connectivity index (χ1v) is 7.41. The summed E-state index contributed by atoms with van der Waals surface area (Å²) in [6.45, 7) is 6.03. The quantitative estimate of drug-likeness (QED) is 0.711. The van der Waals surface area contributed by atoms with Gasteiger partial charge in [0.2, 0.25) is 11.3 Å². The van der Waals surface area contributed by atoms with Crippen LogP contribution < -0.4 is 15.5 Å². The Morgan fingerprint density at radius 1 is 1.42 bits per heavy atom. The normalized spacial score (nSPS) is 11.5. The van der Waals surface area contributed by atoms with E-state index in [0.29, 0.717) is 6.61 Å². The summed E-state index contributed by atoms with van der Waals surface area (Å²) in [5.74, 6) is -1.76. The summed E-state index contributed by atoms with van der Waals surface area (Å²) in [4.78, 5) is 38.8. The maximum absolute atomic E-state index is 12.2. The molecule has 1 amide bonds. The molecule has 2 heterocycles. The molecule has 2 aromatic rings. The third kappa shape index (κ3) is 4.12. The third-order valence-electron chi connectivity index (χ3n) is 3.26. The van der Waals surface area contributed by atoms with E-state index in [1.165, 1.54) is 16.9 Å². The highest BCUT2D eigenvalue weighted by molar-refractivity contribution is 6.00. The van der Waals surface area contributed by atoms with Crippen LogP contribution in [0.15, 0.2) is 17.2 Å². The highest BCUT2D eigenvalue weighted by atomic mass is 16.5. The molecule has 2 aromatic heterocycles. The molecule has 0 saturated heterocycles. The lowest BCUT2D eigenvalue weighted by Crippen LogP contribution is -2.33. The lowest BCUT2D eigenvalue weighted by Gasteiger charge is -2.18. The van der Waals surface area contributed by atoms with E-state index in [-0.39, 0.29) is 22.5 Å². The van der Waals surface area contributed by atoms with E-state index < -0.39 is 23.9 Å². The molecule has 0 aliphatic carbocycles. The lowest BCUT2D eigenvalue weighted by molar-refractivity contribution is -0.135. The largest absolute Gasteiger partial charge is 0.480 e. The maximum atomic E-state index is 12.2. The number of aromatic amines is 1. The number of carboxylic acid groups (broad SMARTS) is 1. The maximum Gasteiger partial charge on any atom is 0.322 e. The number of carbonyl (C=O) groups is 2. The minimum absolute atomic E-state index is 0.0781. The number of fused-ring (bicyclic) bond motifs is 1. The van der Waals surface area contributed by atoms with Gasteiger partial charge in [-0.1, -0.05) is 20.8 Å². The van der Waals surface area contributed by atoms with Gasteiger partial charge in [0.1, 0.15) is 18.4 Å². The summed E-state index contributed by atoms with van der Waals surface area (Å²) in [6.07, 6.45) is 2.09. The van der Waals surface area contributed by atoms with Crippen molar-refractivity contribution in [2.24, 2.45) is 5.41 Å². The van der Waals surface area contributed by atoms with Gasteiger partial charge >= 0.3 is 5.97 Å². The SMILES string of the molecule is CC(C)(C)CCOc1cc(=O)c(C(=O)NCC(=O)O)c2nc[nH]n12. The zero-order valence-corrected chi connectivity index (χ0v) is 13.8. The van der Waals surface area contributed by atoms with Gasteiger partial charge in [-0.05, 0) is 11.8 Å². The van der Waals surface area contributed by atoms with Crippen molar-refractivity contribution in [3.05, 3.63) is 28.2 Å². The van der Waals surface area contributed by atoms with Crippen molar-refractivity contribution in [3.8, 4) is 5.88 Å². The molecule has 0 atom stereocenters. The summed E-state index contributed by atoms with van der Waals surface area (Å²) >= 11 is 0. The van der Waals surface area contributed by atoms with E-state index >= 15 is 0 Å². The Balaban J connectivity index is 2.30. The van der Waals surface area contributed by atoms with Gasteiger partial charge in [0.25, 0.3) is 5.91 Å². The van der Waals surface area contributed by atoms with Crippen LogP contribution in [-0.4, -0.2) is 44.7 Å². The number of nitrogens with zero attached hydrogens (tertiary/aromatic N) is 2. The minimum Gasteiger partial charge on any atom is -0.480 e. The van der Waals surface area contributed by atoms with Crippen LogP contribution in [0.4, 0.5) is 0 Å². The summed E-state index contributed by atoms with van der Waals surface area (Å²) < 4.78 is 7.01. The molecule has 0 aliphatic heterocycles. The first-order valence-electron chi connectivity index (χ1n) is 7.41. The Hall–Kier alpha value is -2.84. The van der Waals surface area contributed by atoms with Crippen LogP contribution in [0.1, 0.15) is 37.6 Å². The van der Waals surface area contributed by atoms with E-state index in [2.05, 4.69) is 36.2 Å². The van der Waals surface area contributed by atoms with Gasteiger partial charge in [0.05, 0.1) is 6.61 Å². The van der Waals surface area contributed by atoms with Gasteiger partial charge in [-0.15, -0.1) is 0 Å². The number of carboxylic acids is 1. The van der Waals surface area contributed by atoms with Gasteiger partial charge in [0.15, 0.2) is 5.65 Å². The van der Waals surface area contributed by atoms with Gasteiger partial charge in [-0.25, -0.2) is 9.50 Å². The number of H-pyrrole nitrogens is 1. The molecule has 9 nitrogen and oxygen atoms in total. The predicted molar refractivity (Wildman–Crippen MR) is 85.3 cm³/mol. The van der Waals surface area contributed by atoms with Crippen LogP contribution in [-0.2, 0) is 4.79 Å². The van der Waals surface area contributed by atoms with Crippen LogP contribution >= 0.6 is 0 Å². The Morgan fingerprint density at radius 2 is 2.12 bits per heavy atom. The molecule has 130 valence electrons. The van der Waals surface area contributed by atoms with Gasteiger partial charge in [-0.2, -0.15) is 0 Å². The van der Waals surface area contributed by atoms with Crippen molar-refractivity contribution in [1.29, 1.82) is 0 Å². The Morgan fingerprint density at radius 3 is 2.75 bits per heavy atom. The highest BCUT2D eigenvalue weighted by Gasteiger charge is 2.20. The molecule has 9 heteroatoms. The first kappa shape index (κ1) is 17.5. The van der Waals surface area contributed by atoms with Gasteiger partial charge in [-0.3, -0.25) is 19.5 Å². The van der Waals surface area contributed by atoms with Crippen molar-refractivity contribution in [2.45, 2.75) is 27.2 Å². The summed E-state index contributed by atoms with van der Waals surface area (Å²) in [5.41, 5.74) is -0.665. The second-order valence-electron chi connectivity index (χ2n) is 6.50. The number of pyridine rings is 1. The average molecular weight is 336 g/mol. The fraction of sp³-hybridized carbons (Fsp3) is 0.467. The molecule has 0 radical (unpaired) electrons. The van der Waals surface area contributed by atoms with Gasteiger partial charge in [0, 0.05) is 6.07 Å². The van der Waals surface area contributed by atoms with E-state index in [1.54, 1.807) is 0 Å². The highest BCUT2D eigenvalue weighted by Crippen LogP contribution is 2.19. The predicted octanol–water partition coefficient (Wildman–Crippen LogP) is 0.652. The molecule has 0 aliphatic rings. The number of amides is 1. The van der Waals surface area contributed by atoms with Crippen LogP contribution in [0.5, 0.6) is 5.88 Å². The number of nitrogens with one attached hydrogen (secondary N) is 2. The van der Waals surface area contributed by atoms with Crippen LogP contribution in [0.3, 0.4) is 0 Å². The molecule has 24 heavy (non-hydrogen) atoms. The number of ether oxygens (including phenoxy) is 1. The van der Waals surface area contributed by atoms with E-state index in [4.69, 9.17) is 9.84 Å². The number of aromatic nitrogens is 3. The van der Waals surface area contributed by atoms with Crippen molar-refractivity contribution < 1.29 is 19.4 Å². The fourth-order valence-corrected chi connectivity index (χ4v) is 2.00. The molecule has 0 spiro atoms. The van der Waals surface area contributed by atoms with Crippen molar-refractivity contribution in [1.82, 2.24) is 19.9 Å². The number of carbonyl (C=O) groups excluding carboxylic acids is 1. The summed E-state index contributed by atoms with van der Waals surface area (Å²) in [7, 11) is 0. The van der Waals surface area contributed by atoms with E-state index in [1.807, 2.05) is 0 Å². The number of rotatable bonds is 6. The zero-order chi connectivity index (χ0) is 17.9. The van der Waals surface area contributed by atoms with E-state index in [0.717, 1.165) is 6.42 Å². The molecule has 3 N–H and O–H groups in total. The van der Waals surface area contributed by atoms with Crippen LogP contribution in [0.2, 0.25) is 0 Å². The molecule has 0 aromatic carbocycles. The zero-order valence-electron chi connectivity index (χ0n) is 13.8. The summed E-state index contributed by atoms with van der Waals surface area (Å²) in [5, 5.41) is 13.5. The smallest absolute Gasteiger partial charge is 0.322 e. The number of aliphatic carboxylic acids is 1.